The molecule has 5 aliphatic rings. The van der Waals surface area contributed by atoms with Crippen molar-refractivity contribution in [3.63, 3.8) is 0 Å². The Labute approximate surface area is 244 Å². The molecule has 0 aromatic carbocycles. The van der Waals surface area contributed by atoms with Crippen LogP contribution in [0.2, 0.25) is 0 Å². The number of aliphatic hydroxyl groups excluding tert-OH is 1. The lowest BCUT2D eigenvalue weighted by Crippen LogP contribution is -2.57. The Morgan fingerprint density at radius 1 is 0.829 bits per heavy atom. The molecule has 0 aromatic heterocycles. The minimum Gasteiger partial charge on any atom is -0.396 e. The fourth-order valence-corrected chi connectivity index (χ4v) is 7.60. The van der Waals surface area contributed by atoms with Crippen molar-refractivity contribution in [2.24, 2.45) is 11.8 Å². The van der Waals surface area contributed by atoms with Gasteiger partial charge in [0.2, 0.25) is 17.7 Å². The molecule has 1 spiro atoms. The summed E-state index contributed by atoms with van der Waals surface area (Å²) in [6, 6.07) is -0.808. The third-order valence-corrected chi connectivity index (χ3v) is 9.70. The summed E-state index contributed by atoms with van der Waals surface area (Å²) in [5, 5.41) is 9.20. The molecule has 1 N–H and O–H groups in total. The fraction of sp³-hybridized carbons (Fsp3) is 0.774. The molecule has 3 saturated heterocycles. The van der Waals surface area contributed by atoms with Crippen LogP contribution in [0.25, 0.3) is 0 Å². The zero-order valence-corrected chi connectivity index (χ0v) is 24.8. The molecule has 5 atom stereocenters. The second kappa shape index (κ2) is 12.9. The molecule has 0 radical (unpaired) electrons. The lowest BCUT2D eigenvalue weighted by molar-refractivity contribution is -0.154. The average molecular weight is 573 g/mol. The van der Waals surface area contributed by atoms with Gasteiger partial charge in [-0.15, -0.1) is 0 Å². The van der Waals surface area contributed by atoms with Gasteiger partial charge in [-0.3, -0.25) is 19.3 Å². The number of ether oxygens (including phenoxy) is 2. The van der Waals surface area contributed by atoms with Crippen LogP contribution in [0.3, 0.4) is 0 Å². The van der Waals surface area contributed by atoms with Crippen molar-refractivity contribution in [2.75, 3.05) is 72.2 Å². The standard InChI is InChI=1S/C31H48N4O6/c1-3-13-33-14-9-11-30(4-2)24(27(33)37)25-28(38)35(16-7-5-6-8-21-36)26-29(39)34(15-10-12-31(25,26)41-30)18-17-32-19-22-40-23-20-32/h9-12,24-26,36H,3-8,13-23H2,1-2H3/t24-,25-,26?,30+,31-/m0/s1. The number of hydrogen-bond donors (Lipinski definition) is 1. The van der Waals surface area contributed by atoms with Crippen LogP contribution < -0.4 is 0 Å². The van der Waals surface area contributed by atoms with Crippen molar-refractivity contribution < 1.29 is 29.0 Å². The van der Waals surface area contributed by atoms with E-state index < -0.39 is 29.1 Å². The molecule has 3 fully saturated rings. The highest BCUT2D eigenvalue weighted by atomic mass is 16.5. The molecule has 41 heavy (non-hydrogen) atoms. The molecule has 5 aliphatic heterocycles. The van der Waals surface area contributed by atoms with E-state index in [0.717, 1.165) is 51.7 Å². The van der Waals surface area contributed by atoms with Crippen molar-refractivity contribution in [3.05, 3.63) is 24.3 Å². The van der Waals surface area contributed by atoms with E-state index in [9.17, 15) is 19.5 Å². The summed E-state index contributed by atoms with van der Waals surface area (Å²) in [6.45, 7) is 10.6. The van der Waals surface area contributed by atoms with Gasteiger partial charge in [0, 0.05) is 59.0 Å². The van der Waals surface area contributed by atoms with Crippen LogP contribution >= 0.6 is 0 Å². The Morgan fingerprint density at radius 2 is 1.54 bits per heavy atom. The molecule has 5 heterocycles. The molecule has 1 unspecified atom stereocenters. The molecule has 10 heteroatoms. The highest BCUT2D eigenvalue weighted by Gasteiger charge is 2.75. The third kappa shape index (κ3) is 5.48. The van der Waals surface area contributed by atoms with E-state index in [1.54, 1.807) is 4.90 Å². The maximum atomic E-state index is 14.5. The van der Waals surface area contributed by atoms with Gasteiger partial charge in [-0.1, -0.05) is 51.0 Å². The summed E-state index contributed by atoms with van der Waals surface area (Å²) in [5.74, 6) is -1.72. The van der Waals surface area contributed by atoms with E-state index >= 15 is 0 Å². The number of morpholine rings is 1. The molecule has 5 rings (SSSR count). The van der Waals surface area contributed by atoms with Crippen LogP contribution in [0.5, 0.6) is 0 Å². The van der Waals surface area contributed by atoms with Crippen molar-refractivity contribution in [2.45, 2.75) is 69.6 Å². The van der Waals surface area contributed by atoms with Crippen LogP contribution in [0, 0.1) is 11.8 Å². The largest absolute Gasteiger partial charge is 0.396 e. The van der Waals surface area contributed by atoms with Gasteiger partial charge in [-0.2, -0.15) is 0 Å². The smallest absolute Gasteiger partial charge is 0.249 e. The Morgan fingerprint density at radius 3 is 2.24 bits per heavy atom. The van der Waals surface area contributed by atoms with E-state index in [-0.39, 0.29) is 24.3 Å². The number of likely N-dealkylation sites (tertiary alicyclic amines) is 1. The lowest BCUT2D eigenvalue weighted by atomic mass is 9.73. The quantitative estimate of drug-likeness (QED) is 0.279. The van der Waals surface area contributed by atoms with Crippen molar-refractivity contribution in [3.8, 4) is 0 Å². The summed E-state index contributed by atoms with van der Waals surface area (Å²) >= 11 is 0. The van der Waals surface area contributed by atoms with Gasteiger partial charge in [0.05, 0.1) is 30.7 Å². The van der Waals surface area contributed by atoms with Gasteiger partial charge in [0.1, 0.15) is 11.6 Å². The topological polar surface area (TPSA) is 103 Å². The molecule has 0 aliphatic carbocycles. The Hall–Kier alpha value is -2.27. The molecule has 10 nitrogen and oxygen atoms in total. The SMILES string of the molecule is CCCN1CC=C[C@@]2(CC)O[C@]34C=CCN(CCN5CCOCC5)C(=O)C3N(CCCCCCO)C(=O)[C@@H]4[C@H]2C1=O. The summed E-state index contributed by atoms with van der Waals surface area (Å²) in [5.41, 5.74) is -2.12. The average Bonchev–Trinajstić information content (AvgIpc) is 3.27. The summed E-state index contributed by atoms with van der Waals surface area (Å²) in [7, 11) is 0. The lowest BCUT2D eigenvalue weighted by Gasteiger charge is -2.39. The van der Waals surface area contributed by atoms with E-state index in [4.69, 9.17) is 9.47 Å². The zero-order chi connectivity index (χ0) is 29.0. The minimum atomic E-state index is -1.19. The number of carbonyl (C=O) groups excluding carboxylic acids is 3. The maximum absolute atomic E-state index is 14.5. The highest BCUT2D eigenvalue weighted by molar-refractivity contribution is 6.00. The fourth-order valence-electron chi connectivity index (χ4n) is 7.60. The number of hydrogen-bond acceptors (Lipinski definition) is 7. The molecule has 0 saturated carbocycles. The normalized spacial score (nSPS) is 33.7. The van der Waals surface area contributed by atoms with Gasteiger partial charge in [-0.05, 0) is 25.7 Å². The number of unbranched alkanes of at least 4 members (excludes halogenated alkanes) is 3. The zero-order valence-electron chi connectivity index (χ0n) is 24.8. The van der Waals surface area contributed by atoms with E-state index in [0.29, 0.717) is 52.4 Å². The number of fused-ring (bicyclic) bond motifs is 2. The van der Waals surface area contributed by atoms with E-state index in [2.05, 4.69) is 11.8 Å². The Kier molecular flexibility index (Phi) is 9.53. The first-order valence-electron chi connectivity index (χ1n) is 15.8. The first-order chi connectivity index (χ1) is 19.9. The molecule has 0 aromatic rings. The summed E-state index contributed by atoms with van der Waals surface area (Å²) in [6.07, 6.45) is 12.5. The third-order valence-electron chi connectivity index (χ3n) is 9.70. The van der Waals surface area contributed by atoms with Crippen LogP contribution in [0.4, 0.5) is 0 Å². The number of rotatable bonds is 12. The monoisotopic (exact) mass is 572 g/mol. The van der Waals surface area contributed by atoms with Gasteiger partial charge in [-0.25, -0.2) is 0 Å². The van der Waals surface area contributed by atoms with Gasteiger partial charge in [0.15, 0.2) is 0 Å². The second-order valence-corrected chi connectivity index (χ2v) is 12.1. The molecule has 3 amide bonds. The molecular weight excluding hydrogens is 524 g/mol. The van der Waals surface area contributed by atoms with E-state index in [1.165, 1.54) is 0 Å². The Bertz CT molecular complexity index is 1030. The second-order valence-electron chi connectivity index (χ2n) is 12.1. The van der Waals surface area contributed by atoms with Crippen LogP contribution in [0.15, 0.2) is 24.3 Å². The van der Waals surface area contributed by atoms with Crippen LogP contribution in [0.1, 0.15) is 52.4 Å². The highest BCUT2D eigenvalue weighted by Crippen LogP contribution is 2.58. The first kappa shape index (κ1) is 30.2. The summed E-state index contributed by atoms with van der Waals surface area (Å²) < 4.78 is 12.5. The predicted molar refractivity (Wildman–Crippen MR) is 154 cm³/mol. The minimum absolute atomic E-state index is 0.0493. The predicted octanol–water partition coefficient (Wildman–Crippen LogP) is 1.44. The van der Waals surface area contributed by atoms with Crippen molar-refractivity contribution >= 4 is 17.7 Å². The van der Waals surface area contributed by atoms with Crippen molar-refractivity contribution in [1.29, 1.82) is 0 Å². The number of aliphatic hydroxyl groups is 1. The van der Waals surface area contributed by atoms with Crippen LogP contribution in [-0.4, -0.2) is 132 Å². The Balaban J connectivity index is 1.48. The molecule has 228 valence electrons. The van der Waals surface area contributed by atoms with Gasteiger partial charge >= 0.3 is 0 Å². The maximum Gasteiger partial charge on any atom is 0.249 e. The van der Waals surface area contributed by atoms with Gasteiger partial charge < -0.3 is 29.3 Å². The van der Waals surface area contributed by atoms with Gasteiger partial charge in [0.25, 0.3) is 0 Å². The van der Waals surface area contributed by atoms with Crippen molar-refractivity contribution in [1.82, 2.24) is 19.6 Å². The number of carbonyl (C=O) groups is 3. The molecular formula is C31H48N4O6. The number of amides is 3. The first-order valence-corrected chi connectivity index (χ1v) is 15.8. The number of nitrogens with zero attached hydrogens (tertiary/aromatic N) is 4. The molecule has 0 bridgehead atoms. The van der Waals surface area contributed by atoms with Crippen LogP contribution in [-0.2, 0) is 23.9 Å². The van der Waals surface area contributed by atoms with E-state index in [1.807, 2.05) is 41.0 Å². The summed E-state index contributed by atoms with van der Waals surface area (Å²) in [4.78, 5) is 50.8.